The molecule has 1 aromatic heterocycles. The van der Waals surface area contributed by atoms with Crippen LogP contribution in [0.3, 0.4) is 0 Å². The molecule has 0 atom stereocenters. The summed E-state index contributed by atoms with van der Waals surface area (Å²) >= 11 is 0. The van der Waals surface area contributed by atoms with E-state index in [2.05, 4.69) is 21.4 Å². The summed E-state index contributed by atoms with van der Waals surface area (Å²) in [5, 5.41) is 2.85. The van der Waals surface area contributed by atoms with Gasteiger partial charge in [-0.15, -0.1) is 0 Å². The van der Waals surface area contributed by atoms with E-state index in [1.54, 1.807) is 0 Å². The number of rotatable bonds is 4. The molecule has 0 spiro atoms. The molecule has 0 saturated heterocycles. The normalized spacial score (nSPS) is 12.5. The summed E-state index contributed by atoms with van der Waals surface area (Å²) in [4.78, 5) is 34.7. The van der Waals surface area contributed by atoms with E-state index in [1.807, 2.05) is 48.2 Å². The topological polar surface area (TPSA) is 75.2 Å². The minimum Gasteiger partial charge on any atom is -0.347 e. The molecule has 2 heterocycles. The van der Waals surface area contributed by atoms with Crippen molar-refractivity contribution in [3.05, 3.63) is 89.0 Å². The van der Waals surface area contributed by atoms with Crippen molar-refractivity contribution in [1.29, 1.82) is 0 Å². The summed E-state index contributed by atoms with van der Waals surface area (Å²) in [6.45, 7) is 3.04. The third-order valence-electron chi connectivity index (χ3n) is 4.80. The van der Waals surface area contributed by atoms with Crippen molar-refractivity contribution in [1.82, 2.24) is 15.3 Å². The molecule has 0 saturated carbocycles. The number of carbonyl (C=O) groups is 2. The van der Waals surface area contributed by atoms with Gasteiger partial charge < -0.3 is 10.2 Å². The molecular weight excluding hydrogens is 352 g/mol. The zero-order valence-electron chi connectivity index (χ0n) is 15.6. The molecule has 1 aliphatic heterocycles. The molecule has 6 nitrogen and oxygen atoms in total. The third-order valence-corrected chi connectivity index (χ3v) is 4.80. The Bertz CT molecular complexity index is 1030. The number of fused-ring (bicyclic) bond motifs is 1. The number of carbonyl (C=O) groups excluding carboxylic acids is 2. The van der Waals surface area contributed by atoms with Gasteiger partial charge in [-0.05, 0) is 42.7 Å². The van der Waals surface area contributed by atoms with Gasteiger partial charge in [0.1, 0.15) is 5.69 Å². The van der Waals surface area contributed by atoms with Crippen molar-refractivity contribution in [2.24, 2.45) is 0 Å². The van der Waals surface area contributed by atoms with E-state index >= 15 is 0 Å². The number of nitrogens with zero attached hydrogens (tertiary/aromatic N) is 3. The van der Waals surface area contributed by atoms with Crippen molar-refractivity contribution < 1.29 is 9.59 Å². The van der Waals surface area contributed by atoms with E-state index < -0.39 is 0 Å². The lowest BCUT2D eigenvalue weighted by Gasteiger charge is -2.18. The van der Waals surface area contributed by atoms with Gasteiger partial charge in [0.25, 0.3) is 11.8 Å². The molecule has 2 aromatic carbocycles. The lowest BCUT2D eigenvalue weighted by Crippen LogP contribution is -2.28. The Balaban J connectivity index is 1.46. The number of aryl methyl sites for hydroxylation is 1. The van der Waals surface area contributed by atoms with Crippen LogP contribution in [-0.2, 0) is 13.0 Å². The second-order valence-corrected chi connectivity index (χ2v) is 6.81. The summed E-state index contributed by atoms with van der Waals surface area (Å²) in [6.07, 6.45) is 5.26. The number of aromatic nitrogens is 2. The van der Waals surface area contributed by atoms with Crippen LogP contribution >= 0.6 is 0 Å². The molecule has 0 aliphatic carbocycles. The minimum absolute atomic E-state index is 0.0196. The quantitative estimate of drug-likeness (QED) is 0.764. The van der Waals surface area contributed by atoms with Crippen LogP contribution in [0.15, 0.2) is 61.1 Å². The van der Waals surface area contributed by atoms with E-state index in [0.29, 0.717) is 24.3 Å². The van der Waals surface area contributed by atoms with Gasteiger partial charge >= 0.3 is 0 Å². The minimum atomic E-state index is -0.259. The highest BCUT2D eigenvalue weighted by molar-refractivity contribution is 6.07. The van der Waals surface area contributed by atoms with Crippen LogP contribution in [0.25, 0.3) is 0 Å². The fourth-order valence-corrected chi connectivity index (χ4v) is 3.40. The lowest BCUT2D eigenvalue weighted by molar-refractivity contribution is 0.0944. The molecule has 140 valence electrons. The maximum absolute atomic E-state index is 12.9. The first-order chi connectivity index (χ1) is 13.6. The van der Waals surface area contributed by atoms with Crippen molar-refractivity contribution in [3.8, 4) is 0 Å². The summed E-state index contributed by atoms with van der Waals surface area (Å²) in [7, 11) is 0. The van der Waals surface area contributed by atoms with Crippen LogP contribution in [0.4, 0.5) is 5.69 Å². The molecule has 2 amide bonds. The lowest BCUT2D eigenvalue weighted by atomic mass is 10.1. The standard InChI is InChI=1S/C22H20N4O2/c1-15-3-2-4-18(11-15)22(28)26-10-7-17-12-16(5-6-20(17)26)13-25-21(27)19-14-23-8-9-24-19/h2-6,8-9,11-12,14H,7,10,13H2,1H3,(H,25,27). The van der Waals surface area contributed by atoms with Gasteiger partial charge in [0, 0.05) is 36.7 Å². The van der Waals surface area contributed by atoms with Crippen LogP contribution in [-0.4, -0.2) is 28.3 Å². The van der Waals surface area contributed by atoms with Gasteiger partial charge in [0.05, 0.1) is 6.20 Å². The highest BCUT2D eigenvalue weighted by atomic mass is 16.2. The van der Waals surface area contributed by atoms with Gasteiger partial charge in [-0.1, -0.05) is 29.8 Å². The summed E-state index contributed by atoms with van der Waals surface area (Å²) < 4.78 is 0. The molecule has 1 aliphatic rings. The zero-order chi connectivity index (χ0) is 19.5. The molecule has 0 unspecified atom stereocenters. The first kappa shape index (κ1) is 17.9. The van der Waals surface area contributed by atoms with Gasteiger partial charge in [-0.2, -0.15) is 0 Å². The van der Waals surface area contributed by atoms with E-state index in [9.17, 15) is 9.59 Å². The van der Waals surface area contributed by atoms with Crippen molar-refractivity contribution in [2.45, 2.75) is 19.9 Å². The SMILES string of the molecule is Cc1cccc(C(=O)N2CCc3cc(CNC(=O)c4cnccn4)ccc32)c1. The predicted octanol–water partition coefficient (Wildman–Crippen LogP) is 2.92. The van der Waals surface area contributed by atoms with Crippen molar-refractivity contribution in [2.75, 3.05) is 11.4 Å². The molecule has 28 heavy (non-hydrogen) atoms. The number of hydrogen-bond donors (Lipinski definition) is 1. The number of anilines is 1. The third kappa shape index (κ3) is 3.62. The Morgan fingerprint density at radius 1 is 1.14 bits per heavy atom. The molecule has 6 heteroatoms. The smallest absolute Gasteiger partial charge is 0.271 e. The van der Waals surface area contributed by atoms with Crippen LogP contribution in [0.5, 0.6) is 0 Å². The number of hydrogen-bond acceptors (Lipinski definition) is 4. The van der Waals surface area contributed by atoms with E-state index in [-0.39, 0.29) is 11.8 Å². The average molecular weight is 372 g/mol. The summed E-state index contributed by atoms with van der Waals surface area (Å²) in [5.41, 5.74) is 5.11. The Kier molecular flexibility index (Phi) is 4.85. The molecular formula is C22H20N4O2. The van der Waals surface area contributed by atoms with Gasteiger partial charge in [0.2, 0.25) is 0 Å². The largest absolute Gasteiger partial charge is 0.347 e. The molecule has 0 bridgehead atoms. The molecule has 4 rings (SSSR count). The van der Waals surface area contributed by atoms with Gasteiger partial charge in [0.15, 0.2) is 0 Å². The fraction of sp³-hybridized carbons (Fsp3) is 0.182. The number of nitrogens with one attached hydrogen (secondary N) is 1. The molecule has 1 N–H and O–H groups in total. The van der Waals surface area contributed by atoms with Gasteiger partial charge in [-0.25, -0.2) is 4.98 Å². The maximum Gasteiger partial charge on any atom is 0.271 e. The first-order valence-corrected chi connectivity index (χ1v) is 9.16. The second kappa shape index (κ2) is 7.60. The number of amides is 2. The van der Waals surface area contributed by atoms with Crippen LogP contribution < -0.4 is 10.2 Å². The first-order valence-electron chi connectivity index (χ1n) is 9.16. The number of benzene rings is 2. The summed E-state index contributed by atoms with van der Waals surface area (Å²) in [5.74, 6) is -0.240. The molecule has 0 radical (unpaired) electrons. The molecule has 3 aromatic rings. The Labute approximate surface area is 163 Å². The highest BCUT2D eigenvalue weighted by Crippen LogP contribution is 2.30. The summed E-state index contributed by atoms with van der Waals surface area (Å²) in [6, 6.07) is 13.6. The van der Waals surface area contributed by atoms with Crippen LogP contribution in [0.2, 0.25) is 0 Å². The molecule has 0 fully saturated rings. The Hall–Kier alpha value is -3.54. The maximum atomic E-state index is 12.9. The van der Waals surface area contributed by atoms with E-state index in [4.69, 9.17) is 0 Å². The predicted molar refractivity (Wildman–Crippen MR) is 106 cm³/mol. The van der Waals surface area contributed by atoms with E-state index in [1.165, 1.54) is 18.6 Å². The Morgan fingerprint density at radius 2 is 2.04 bits per heavy atom. The Morgan fingerprint density at radius 3 is 2.82 bits per heavy atom. The zero-order valence-corrected chi connectivity index (χ0v) is 15.6. The van der Waals surface area contributed by atoms with Crippen molar-refractivity contribution in [3.63, 3.8) is 0 Å². The second-order valence-electron chi connectivity index (χ2n) is 6.81. The average Bonchev–Trinajstić information content (AvgIpc) is 3.15. The van der Waals surface area contributed by atoms with Crippen LogP contribution in [0, 0.1) is 6.92 Å². The van der Waals surface area contributed by atoms with Gasteiger partial charge in [-0.3, -0.25) is 14.6 Å². The fourth-order valence-electron chi connectivity index (χ4n) is 3.40. The highest BCUT2D eigenvalue weighted by Gasteiger charge is 2.25. The van der Waals surface area contributed by atoms with Crippen molar-refractivity contribution >= 4 is 17.5 Å². The van der Waals surface area contributed by atoms with Crippen LogP contribution in [0.1, 0.15) is 37.5 Å². The monoisotopic (exact) mass is 372 g/mol. The van der Waals surface area contributed by atoms with E-state index in [0.717, 1.165) is 28.8 Å².